The third-order valence-electron chi connectivity index (χ3n) is 2.71. The van der Waals surface area contributed by atoms with E-state index in [-0.39, 0.29) is 13.0 Å². The smallest absolute Gasteiger partial charge is 0.319 e. The Morgan fingerprint density at radius 3 is 2.95 bits per heavy atom. The summed E-state index contributed by atoms with van der Waals surface area (Å²) in [6.45, 7) is 2.04. The first kappa shape index (κ1) is 12.9. The first-order valence-corrected chi connectivity index (χ1v) is 5.77. The van der Waals surface area contributed by atoms with Gasteiger partial charge in [0, 0.05) is 11.9 Å². The zero-order valence-corrected chi connectivity index (χ0v) is 10.4. The summed E-state index contributed by atoms with van der Waals surface area (Å²) < 4.78 is 0. The second-order valence-corrected chi connectivity index (χ2v) is 4.11. The Morgan fingerprint density at radius 1 is 1.42 bits per heavy atom. The van der Waals surface area contributed by atoms with Crippen molar-refractivity contribution >= 4 is 28.6 Å². The summed E-state index contributed by atoms with van der Waals surface area (Å²) in [4.78, 5) is 21.9. The number of hydrogen-bond acceptors (Lipinski definition) is 3. The predicted molar refractivity (Wildman–Crippen MR) is 70.1 cm³/mol. The average molecular weight is 262 g/mol. The fourth-order valence-corrected chi connectivity index (χ4v) is 1.73. The van der Waals surface area contributed by atoms with E-state index < -0.39 is 12.0 Å². The molecule has 0 saturated heterocycles. The highest BCUT2D eigenvalue weighted by Gasteiger charge is 2.08. The summed E-state index contributed by atoms with van der Waals surface area (Å²) in [5, 5.41) is 21.3. The number of rotatable bonds is 4. The minimum Gasteiger partial charge on any atom is -0.481 e. The summed E-state index contributed by atoms with van der Waals surface area (Å²) in [5.74, 6) is -0.952. The molecule has 0 saturated carbocycles. The van der Waals surface area contributed by atoms with Gasteiger partial charge in [-0.25, -0.2) is 4.79 Å². The molecule has 0 bridgehead atoms. The van der Waals surface area contributed by atoms with Gasteiger partial charge in [-0.3, -0.25) is 9.89 Å². The molecular weight excluding hydrogens is 248 g/mol. The van der Waals surface area contributed by atoms with Crippen LogP contribution in [0, 0.1) is 6.92 Å². The van der Waals surface area contributed by atoms with Crippen molar-refractivity contribution in [2.75, 3.05) is 11.9 Å². The van der Waals surface area contributed by atoms with Gasteiger partial charge in [-0.05, 0) is 18.6 Å². The van der Waals surface area contributed by atoms with Gasteiger partial charge in [-0.2, -0.15) is 5.10 Å². The number of nitrogens with one attached hydrogen (secondary N) is 3. The minimum absolute atomic E-state index is 0.0825. The van der Waals surface area contributed by atoms with Crippen molar-refractivity contribution in [2.24, 2.45) is 0 Å². The molecule has 0 aliphatic rings. The first-order valence-electron chi connectivity index (χ1n) is 5.77. The highest BCUT2D eigenvalue weighted by molar-refractivity contribution is 6.00. The molecule has 0 fully saturated rings. The maximum atomic E-state index is 11.6. The van der Waals surface area contributed by atoms with Gasteiger partial charge in [0.25, 0.3) is 0 Å². The van der Waals surface area contributed by atoms with Gasteiger partial charge in [0.15, 0.2) is 0 Å². The van der Waals surface area contributed by atoms with Crippen molar-refractivity contribution < 1.29 is 14.7 Å². The van der Waals surface area contributed by atoms with Crippen molar-refractivity contribution in [1.29, 1.82) is 0 Å². The molecule has 0 unspecified atom stereocenters. The van der Waals surface area contributed by atoms with Crippen LogP contribution in [0.5, 0.6) is 0 Å². The number of anilines is 1. The van der Waals surface area contributed by atoms with E-state index in [0.29, 0.717) is 5.69 Å². The fraction of sp³-hybridized carbons (Fsp3) is 0.250. The van der Waals surface area contributed by atoms with Crippen LogP contribution in [-0.4, -0.2) is 33.8 Å². The zero-order valence-electron chi connectivity index (χ0n) is 10.4. The summed E-state index contributed by atoms with van der Waals surface area (Å²) in [6, 6.07) is 3.21. The Hall–Kier alpha value is -2.57. The number of aliphatic carboxylic acids is 1. The van der Waals surface area contributed by atoms with Crippen LogP contribution in [0.1, 0.15) is 12.0 Å². The van der Waals surface area contributed by atoms with Crippen LogP contribution < -0.4 is 10.6 Å². The Morgan fingerprint density at radius 2 is 2.21 bits per heavy atom. The maximum Gasteiger partial charge on any atom is 0.319 e. The van der Waals surface area contributed by atoms with Crippen molar-refractivity contribution in [3.8, 4) is 0 Å². The number of carboxylic acid groups (broad SMARTS) is 1. The number of fused-ring (bicyclic) bond motifs is 1. The number of aromatic amines is 1. The Kier molecular flexibility index (Phi) is 3.65. The number of aryl methyl sites for hydroxylation is 1. The molecule has 2 amide bonds. The Labute approximate surface area is 109 Å². The summed E-state index contributed by atoms with van der Waals surface area (Å²) in [6.07, 6.45) is 1.58. The lowest BCUT2D eigenvalue weighted by atomic mass is 10.1. The van der Waals surface area contributed by atoms with Gasteiger partial charge in [0.2, 0.25) is 0 Å². The van der Waals surface area contributed by atoms with E-state index in [1.807, 2.05) is 13.0 Å². The molecule has 1 aromatic heterocycles. The van der Waals surface area contributed by atoms with Crippen LogP contribution in [0.3, 0.4) is 0 Å². The summed E-state index contributed by atoms with van der Waals surface area (Å²) in [5.41, 5.74) is 2.40. The van der Waals surface area contributed by atoms with E-state index in [4.69, 9.17) is 5.11 Å². The number of carbonyl (C=O) groups is 2. The molecule has 19 heavy (non-hydrogen) atoms. The largest absolute Gasteiger partial charge is 0.481 e. The van der Waals surface area contributed by atoms with E-state index in [0.717, 1.165) is 16.5 Å². The normalized spacial score (nSPS) is 10.4. The van der Waals surface area contributed by atoms with Crippen LogP contribution in [-0.2, 0) is 4.79 Å². The molecule has 0 atom stereocenters. The Balaban J connectivity index is 2.05. The van der Waals surface area contributed by atoms with Gasteiger partial charge < -0.3 is 15.7 Å². The van der Waals surface area contributed by atoms with Crippen molar-refractivity contribution in [2.45, 2.75) is 13.3 Å². The molecule has 4 N–H and O–H groups in total. The SMILES string of the molecule is Cc1ccc(NC(=O)NCCC(=O)O)c2[nH]ncc12. The average Bonchev–Trinajstić information content (AvgIpc) is 2.82. The second kappa shape index (κ2) is 5.38. The number of nitrogens with zero attached hydrogens (tertiary/aromatic N) is 1. The third kappa shape index (κ3) is 3.01. The van der Waals surface area contributed by atoms with Gasteiger partial charge in [-0.15, -0.1) is 0 Å². The number of carboxylic acids is 1. The number of urea groups is 1. The van der Waals surface area contributed by atoms with E-state index in [1.54, 1.807) is 12.3 Å². The number of amides is 2. The van der Waals surface area contributed by atoms with Crippen LogP contribution in [0.2, 0.25) is 0 Å². The number of carbonyl (C=O) groups excluding carboxylic acids is 1. The highest BCUT2D eigenvalue weighted by Crippen LogP contribution is 2.23. The molecule has 2 aromatic rings. The van der Waals surface area contributed by atoms with Gasteiger partial charge in [0.05, 0.1) is 23.8 Å². The molecule has 2 rings (SSSR count). The molecule has 1 heterocycles. The summed E-state index contributed by atoms with van der Waals surface area (Å²) >= 11 is 0. The van der Waals surface area contributed by atoms with Crippen molar-refractivity contribution in [3.63, 3.8) is 0 Å². The van der Waals surface area contributed by atoms with E-state index in [2.05, 4.69) is 20.8 Å². The summed E-state index contributed by atoms with van der Waals surface area (Å²) in [7, 11) is 0. The standard InChI is InChI=1S/C12H14N4O3/c1-7-2-3-9(11-8(7)6-14-16-11)15-12(19)13-5-4-10(17)18/h2-3,6H,4-5H2,1H3,(H,14,16)(H,17,18)(H2,13,15,19). The van der Waals surface area contributed by atoms with Gasteiger partial charge >= 0.3 is 12.0 Å². The third-order valence-corrected chi connectivity index (χ3v) is 2.71. The van der Waals surface area contributed by atoms with Crippen LogP contribution >= 0.6 is 0 Å². The molecule has 0 radical (unpaired) electrons. The predicted octanol–water partition coefficient (Wildman–Crippen LogP) is 1.47. The van der Waals surface area contributed by atoms with E-state index in [9.17, 15) is 9.59 Å². The Bertz CT molecular complexity index is 620. The van der Waals surface area contributed by atoms with Crippen LogP contribution in [0.25, 0.3) is 10.9 Å². The molecule has 0 spiro atoms. The molecule has 1 aromatic carbocycles. The molecule has 7 nitrogen and oxygen atoms in total. The number of H-pyrrole nitrogens is 1. The monoisotopic (exact) mass is 262 g/mol. The van der Waals surface area contributed by atoms with Crippen molar-refractivity contribution in [3.05, 3.63) is 23.9 Å². The highest BCUT2D eigenvalue weighted by atomic mass is 16.4. The number of aromatic nitrogens is 2. The lowest BCUT2D eigenvalue weighted by Crippen LogP contribution is -2.30. The molecular formula is C12H14N4O3. The molecule has 7 heteroatoms. The lowest BCUT2D eigenvalue weighted by molar-refractivity contribution is -0.136. The van der Waals surface area contributed by atoms with E-state index >= 15 is 0 Å². The number of benzene rings is 1. The maximum absolute atomic E-state index is 11.6. The van der Waals surface area contributed by atoms with Gasteiger partial charge in [0.1, 0.15) is 0 Å². The first-order chi connectivity index (χ1) is 9.08. The quantitative estimate of drug-likeness (QED) is 0.669. The second-order valence-electron chi connectivity index (χ2n) is 4.11. The van der Waals surface area contributed by atoms with Crippen LogP contribution in [0.4, 0.5) is 10.5 Å². The molecule has 0 aliphatic carbocycles. The van der Waals surface area contributed by atoms with Crippen LogP contribution in [0.15, 0.2) is 18.3 Å². The number of hydrogen-bond donors (Lipinski definition) is 4. The topological polar surface area (TPSA) is 107 Å². The van der Waals surface area contributed by atoms with E-state index in [1.165, 1.54) is 0 Å². The fourth-order valence-electron chi connectivity index (χ4n) is 1.73. The molecule has 0 aliphatic heterocycles. The van der Waals surface area contributed by atoms with Gasteiger partial charge in [-0.1, -0.05) is 6.07 Å². The lowest BCUT2D eigenvalue weighted by Gasteiger charge is -2.08. The molecule has 100 valence electrons. The van der Waals surface area contributed by atoms with Crippen molar-refractivity contribution in [1.82, 2.24) is 15.5 Å². The minimum atomic E-state index is -0.952. The zero-order chi connectivity index (χ0) is 13.8.